The number of rotatable bonds is 4. The molecule has 2 amide bonds. The molecule has 1 aromatic heterocycles. The molecular formula is C15H14ClN3O3. The van der Waals surface area contributed by atoms with E-state index in [2.05, 4.69) is 15.6 Å². The fraction of sp³-hybridized carbons (Fsp3) is 0.133. The third-order valence-corrected chi connectivity index (χ3v) is 2.88. The van der Waals surface area contributed by atoms with Crippen LogP contribution in [-0.2, 0) is 4.74 Å². The zero-order valence-electron chi connectivity index (χ0n) is 11.8. The Kier molecular flexibility index (Phi) is 5.32. The van der Waals surface area contributed by atoms with Gasteiger partial charge >= 0.3 is 6.09 Å². The molecule has 2 aromatic rings. The number of benzene rings is 1. The lowest BCUT2D eigenvalue weighted by molar-refractivity contribution is 0.102. The third kappa shape index (κ3) is 4.46. The van der Waals surface area contributed by atoms with Gasteiger partial charge in [-0.25, -0.2) is 9.78 Å². The van der Waals surface area contributed by atoms with Crippen LogP contribution in [0.2, 0.25) is 5.15 Å². The summed E-state index contributed by atoms with van der Waals surface area (Å²) in [6, 6.07) is 9.67. The highest BCUT2D eigenvalue weighted by molar-refractivity contribution is 6.29. The van der Waals surface area contributed by atoms with Crippen LogP contribution in [0.5, 0.6) is 0 Å². The van der Waals surface area contributed by atoms with Crippen molar-refractivity contribution in [2.24, 2.45) is 0 Å². The molecule has 0 aliphatic carbocycles. The molecule has 0 saturated heterocycles. The van der Waals surface area contributed by atoms with Gasteiger partial charge in [0.1, 0.15) is 5.15 Å². The number of anilines is 2. The highest BCUT2D eigenvalue weighted by Gasteiger charge is 2.07. The number of carbonyl (C=O) groups is 2. The van der Waals surface area contributed by atoms with Gasteiger partial charge in [-0.15, -0.1) is 0 Å². The van der Waals surface area contributed by atoms with Crippen LogP contribution < -0.4 is 10.6 Å². The Bertz CT molecular complexity index is 657. The van der Waals surface area contributed by atoms with E-state index in [9.17, 15) is 9.59 Å². The first-order chi connectivity index (χ1) is 10.6. The predicted octanol–water partition coefficient (Wildman–Crippen LogP) is 3.56. The number of carbonyl (C=O) groups excluding carboxylic acids is 2. The van der Waals surface area contributed by atoms with Crippen LogP contribution in [0.1, 0.15) is 17.3 Å². The normalized spacial score (nSPS) is 9.91. The first kappa shape index (κ1) is 15.8. The van der Waals surface area contributed by atoms with Gasteiger partial charge in [0.05, 0.1) is 18.5 Å². The Labute approximate surface area is 132 Å². The minimum Gasteiger partial charge on any atom is -0.450 e. The largest absolute Gasteiger partial charge is 0.450 e. The number of halogens is 1. The van der Waals surface area contributed by atoms with Gasteiger partial charge < -0.3 is 10.1 Å². The first-order valence-electron chi connectivity index (χ1n) is 6.55. The first-order valence-corrected chi connectivity index (χ1v) is 6.93. The second-order valence-electron chi connectivity index (χ2n) is 4.25. The molecule has 1 heterocycles. The maximum Gasteiger partial charge on any atom is 0.411 e. The van der Waals surface area contributed by atoms with E-state index in [0.717, 1.165) is 0 Å². The molecule has 0 fully saturated rings. The molecule has 0 radical (unpaired) electrons. The van der Waals surface area contributed by atoms with Crippen LogP contribution in [0.25, 0.3) is 0 Å². The SMILES string of the molecule is CCOC(=O)Nc1ccc(C(=O)Nc2ccc(Cl)nc2)cc1. The smallest absolute Gasteiger partial charge is 0.411 e. The highest BCUT2D eigenvalue weighted by atomic mass is 35.5. The van der Waals surface area contributed by atoms with Crippen LogP contribution >= 0.6 is 11.6 Å². The highest BCUT2D eigenvalue weighted by Crippen LogP contribution is 2.14. The molecule has 0 spiro atoms. The van der Waals surface area contributed by atoms with E-state index < -0.39 is 6.09 Å². The van der Waals surface area contributed by atoms with E-state index in [1.165, 1.54) is 6.20 Å². The summed E-state index contributed by atoms with van der Waals surface area (Å²) in [5.41, 5.74) is 1.54. The Balaban J connectivity index is 1.98. The van der Waals surface area contributed by atoms with Crippen LogP contribution in [0.15, 0.2) is 42.6 Å². The number of ether oxygens (including phenoxy) is 1. The summed E-state index contributed by atoms with van der Waals surface area (Å²) >= 11 is 5.68. The summed E-state index contributed by atoms with van der Waals surface area (Å²) in [7, 11) is 0. The molecule has 2 rings (SSSR count). The lowest BCUT2D eigenvalue weighted by Crippen LogP contribution is -2.14. The van der Waals surface area contributed by atoms with Crippen molar-refractivity contribution >= 4 is 35.0 Å². The molecule has 0 bridgehead atoms. The number of nitrogens with zero attached hydrogens (tertiary/aromatic N) is 1. The van der Waals surface area contributed by atoms with Crippen LogP contribution in [0.3, 0.4) is 0 Å². The number of hydrogen-bond acceptors (Lipinski definition) is 4. The maximum absolute atomic E-state index is 12.1. The fourth-order valence-electron chi connectivity index (χ4n) is 1.64. The second-order valence-corrected chi connectivity index (χ2v) is 4.63. The average Bonchev–Trinajstić information content (AvgIpc) is 2.50. The molecule has 6 nitrogen and oxygen atoms in total. The van der Waals surface area contributed by atoms with Crippen LogP contribution in [0, 0.1) is 0 Å². The van der Waals surface area contributed by atoms with Crippen molar-refractivity contribution in [2.75, 3.05) is 17.2 Å². The monoisotopic (exact) mass is 319 g/mol. The van der Waals surface area contributed by atoms with Crippen LogP contribution in [-0.4, -0.2) is 23.6 Å². The second kappa shape index (κ2) is 7.42. The lowest BCUT2D eigenvalue weighted by atomic mass is 10.2. The van der Waals surface area contributed by atoms with Crippen molar-refractivity contribution in [1.29, 1.82) is 0 Å². The van der Waals surface area contributed by atoms with E-state index in [1.54, 1.807) is 43.3 Å². The molecule has 0 atom stereocenters. The number of pyridine rings is 1. The minimum absolute atomic E-state index is 0.285. The predicted molar refractivity (Wildman–Crippen MR) is 84.3 cm³/mol. The van der Waals surface area contributed by atoms with Gasteiger partial charge in [-0.2, -0.15) is 0 Å². The molecule has 22 heavy (non-hydrogen) atoms. The molecule has 7 heteroatoms. The van der Waals surface area contributed by atoms with E-state index >= 15 is 0 Å². The van der Waals surface area contributed by atoms with Crippen molar-refractivity contribution in [1.82, 2.24) is 4.98 Å². The van der Waals surface area contributed by atoms with E-state index in [-0.39, 0.29) is 5.91 Å². The molecular weight excluding hydrogens is 306 g/mol. The molecule has 1 aromatic carbocycles. The van der Waals surface area contributed by atoms with E-state index in [0.29, 0.717) is 28.7 Å². The zero-order valence-corrected chi connectivity index (χ0v) is 12.6. The molecule has 0 aliphatic heterocycles. The van der Waals surface area contributed by atoms with Gasteiger partial charge in [0.15, 0.2) is 0 Å². The van der Waals surface area contributed by atoms with Gasteiger partial charge in [-0.05, 0) is 43.3 Å². The van der Waals surface area contributed by atoms with E-state index in [4.69, 9.17) is 16.3 Å². The van der Waals surface area contributed by atoms with Gasteiger partial charge in [-0.3, -0.25) is 10.1 Å². The third-order valence-electron chi connectivity index (χ3n) is 2.65. The Morgan fingerprint density at radius 1 is 1.09 bits per heavy atom. The molecule has 0 saturated carbocycles. The summed E-state index contributed by atoms with van der Waals surface area (Å²) < 4.78 is 4.77. The van der Waals surface area contributed by atoms with Gasteiger partial charge in [0.2, 0.25) is 0 Å². The van der Waals surface area contributed by atoms with E-state index in [1.807, 2.05) is 0 Å². The van der Waals surface area contributed by atoms with Crippen molar-refractivity contribution in [3.05, 3.63) is 53.3 Å². The maximum atomic E-state index is 12.1. The Hall–Kier alpha value is -2.60. The van der Waals surface area contributed by atoms with Crippen molar-refractivity contribution < 1.29 is 14.3 Å². The number of nitrogens with one attached hydrogen (secondary N) is 2. The van der Waals surface area contributed by atoms with Gasteiger partial charge in [0, 0.05) is 11.3 Å². The minimum atomic E-state index is -0.535. The average molecular weight is 320 g/mol. The van der Waals surface area contributed by atoms with Gasteiger partial charge in [0.25, 0.3) is 5.91 Å². The lowest BCUT2D eigenvalue weighted by Gasteiger charge is -2.07. The fourth-order valence-corrected chi connectivity index (χ4v) is 1.75. The standard InChI is InChI=1S/C15H14ClN3O3/c1-2-22-15(21)19-11-5-3-10(4-6-11)14(20)18-12-7-8-13(16)17-9-12/h3-9H,2H2,1H3,(H,18,20)(H,19,21). The number of amides is 2. The van der Waals surface area contributed by atoms with Gasteiger partial charge in [-0.1, -0.05) is 11.6 Å². The summed E-state index contributed by atoms with van der Waals surface area (Å²) in [6.07, 6.45) is 0.934. The Morgan fingerprint density at radius 3 is 2.36 bits per heavy atom. The van der Waals surface area contributed by atoms with Crippen LogP contribution in [0.4, 0.5) is 16.2 Å². The molecule has 0 unspecified atom stereocenters. The number of aromatic nitrogens is 1. The molecule has 2 N–H and O–H groups in total. The summed E-state index contributed by atoms with van der Waals surface area (Å²) in [6.45, 7) is 2.01. The zero-order chi connectivity index (χ0) is 15.9. The number of hydrogen-bond donors (Lipinski definition) is 2. The molecule has 114 valence electrons. The summed E-state index contributed by atoms with van der Waals surface area (Å²) in [5, 5.41) is 5.60. The van der Waals surface area contributed by atoms with Crippen molar-refractivity contribution in [2.45, 2.75) is 6.92 Å². The summed E-state index contributed by atoms with van der Waals surface area (Å²) in [5.74, 6) is -0.285. The Morgan fingerprint density at radius 2 is 1.77 bits per heavy atom. The quantitative estimate of drug-likeness (QED) is 0.844. The van der Waals surface area contributed by atoms with Crippen molar-refractivity contribution in [3.63, 3.8) is 0 Å². The summed E-state index contributed by atoms with van der Waals surface area (Å²) in [4.78, 5) is 27.2. The molecule has 0 aliphatic rings. The topological polar surface area (TPSA) is 80.3 Å². The van der Waals surface area contributed by atoms with Crippen molar-refractivity contribution in [3.8, 4) is 0 Å².